The Hall–Kier alpha value is -2.62. The van der Waals surface area contributed by atoms with Crippen LogP contribution in [0.1, 0.15) is 79.0 Å². The van der Waals surface area contributed by atoms with E-state index in [0.29, 0.717) is 22.8 Å². The van der Waals surface area contributed by atoms with Crippen molar-refractivity contribution in [3.8, 4) is 0 Å². The predicted molar refractivity (Wildman–Crippen MR) is 151 cm³/mol. The molecule has 0 saturated heterocycles. The summed E-state index contributed by atoms with van der Waals surface area (Å²) in [6.45, 7) is 1.52. The summed E-state index contributed by atoms with van der Waals surface area (Å²) >= 11 is 11.4. The van der Waals surface area contributed by atoms with Crippen LogP contribution in [0.5, 0.6) is 0 Å². The maximum Gasteiger partial charge on any atom is 0.257 e. The third-order valence-electron chi connectivity index (χ3n) is 7.56. The van der Waals surface area contributed by atoms with Crippen LogP contribution in [0.25, 0.3) is 0 Å². The van der Waals surface area contributed by atoms with Crippen LogP contribution in [0.3, 0.4) is 0 Å². The second-order valence-electron chi connectivity index (χ2n) is 10.0. The Balaban J connectivity index is 0.000000461. The maximum atomic E-state index is 15.5. The molecular weight excluding hydrogens is 556 g/mol. The number of amides is 1. The zero-order valence-electron chi connectivity index (χ0n) is 22.4. The van der Waals surface area contributed by atoms with E-state index in [9.17, 15) is 15.0 Å². The number of aliphatic hydroxyl groups is 2. The summed E-state index contributed by atoms with van der Waals surface area (Å²) in [4.78, 5) is 23.0. The molecule has 10 heteroatoms. The lowest BCUT2D eigenvalue weighted by Gasteiger charge is -2.38. The molecule has 214 valence electrons. The highest BCUT2D eigenvalue weighted by molar-refractivity contribution is 6.30. The Kier molecular flexibility index (Phi) is 10.5. The largest absolute Gasteiger partial charge is 0.394 e. The van der Waals surface area contributed by atoms with E-state index in [-0.39, 0.29) is 36.8 Å². The van der Waals surface area contributed by atoms with Crippen molar-refractivity contribution in [2.24, 2.45) is 5.92 Å². The van der Waals surface area contributed by atoms with Crippen molar-refractivity contribution in [2.75, 3.05) is 13.2 Å². The van der Waals surface area contributed by atoms with Gasteiger partial charge in [-0.2, -0.15) is 0 Å². The first-order chi connectivity index (χ1) is 19.3. The van der Waals surface area contributed by atoms with Crippen molar-refractivity contribution in [3.05, 3.63) is 93.2 Å². The first kappa shape index (κ1) is 30.3. The number of aliphatic hydroxyl groups excluding tert-OH is 1. The smallest absolute Gasteiger partial charge is 0.257 e. The van der Waals surface area contributed by atoms with E-state index >= 15 is 4.39 Å². The number of benzene rings is 2. The third-order valence-corrected chi connectivity index (χ3v) is 8.00. The van der Waals surface area contributed by atoms with E-state index < -0.39 is 23.6 Å². The maximum absolute atomic E-state index is 15.5. The van der Waals surface area contributed by atoms with Gasteiger partial charge in [-0.3, -0.25) is 4.79 Å². The normalized spacial score (nSPS) is 18.6. The number of carbonyl (C=O) groups is 1. The number of rotatable bonds is 8. The summed E-state index contributed by atoms with van der Waals surface area (Å²) in [5, 5.41) is 22.0. The van der Waals surface area contributed by atoms with Gasteiger partial charge in [0, 0.05) is 23.0 Å². The number of hydrogen-bond acceptors (Lipinski definition) is 6. The molecule has 1 aliphatic heterocycles. The Bertz CT molecular complexity index is 1280. The van der Waals surface area contributed by atoms with Gasteiger partial charge in [-0.25, -0.2) is 14.4 Å². The van der Waals surface area contributed by atoms with Crippen molar-refractivity contribution >= 4 is 29.1 Å². The summed E-state index contributed by atoms with van der Waals surface area (Å²) in [5.41, 5.74) is -0.519. The molecule has 0 radical (unpaired) electrons. The molecule has 40 heavy (non-hydrogen) atoms. The molecule has 1 fully saturated rings. The van der Waals surface area contributed by atoms with Crippen molar-refractivity contribution in [2.45, 2.75) is 63.8 Å². The SMILES string of the molecule is CCC(O)(c1cc(F)c2c(c1)C(=O)N(Cc1ncc(Cl)cn1)C2OCCO)C1CCCCC1.Clc1ccccc1. The second kappa shape index (κ2) is 13.8. The van der Waals surface area contributed by atoms with E-state index in [1.165, 1.54) is 23.4 Å². The third kappa shape index (κ3) is 6.81. The number of hydrogen-bond donors (Lipinski definition) is 2. The molecule has 2 aliphatic rings. The molecule has 7 nitrogen and oxygen atoms in total. The van der Waals surface area contributed by atoms with Gasteiger partial charge in [-0.15, -0.1) is 0 Å². The Morgan fingerprint density at radius 1 is 1.07 bits per heavy atom. The Morgan fingerprint density at radius 2 is 1.75 bits per heavy atom. The molecule has 1 saturated carbocycles. The average molecular weight is 591 g/mol. The number of halogens is 3. The summed E-state index contributed by atoms with van der Waals surface area (Å²) in [5.74, 6) is -0.702. The number of ether oxygens (including phenoxy) is 1. The van der Waals surface area contributed by atoms with E-state index in [1.807, 2.05) is 37.3 Å². The monoisotopic (exact) mass is 589 g/mol. The van der Waals surface area contributed by atoms with Crippen molar-refractivity contribution in [3.63, 3.8) is 0 Å². The summed E-state index contributed by atoms with van der Waals surface area (Å²) in [7, 11) is 0. The Morgan fingerprint density at radius 3 is 2.33 bits per heavy atom. The van der Waals surface area contributed by atoms with Crippen LogP contribution < -0.4 is 0 Å². The van der Waals surface area contributed by atoms with Gasteiger partial charge in [0.05, 0.1) is 35.9 Å². The van der Waals surface area contributed by atoms with Gasteiger partial charge in [0.2, 0.25) is 0 Å². The van der Waals surface area contributed by atoms with E-state index in [1.54, 1.807) is 6.07 Å². The fourth-order valence-electron chi connectivity index (χ4n) is 5.50. The number of fused-ring (bicyclic) bond motifs is 1. The zero-order valence-corrected chi connectivity index (χ0v) is 23.9. The fourth-order valence-corrected chi connectivity index (χ4v) is 5.74. The standard InChI is InChI=1S/C24H29ClFN3O4.C6H5Cl/c1-2-24(32,15-6-4-3-5-7-15)16-10-18-21(19(26)11-16)23(33-9-8-30)29(22(18)31)14-20-27-12-17(25)13-28-20;7-6-4-2-1-3-5-6/h10-13,15,23,30,32H,2-9,14H2,1H3;1-5H. The van der Waals surface area contributed by atoms with Crippen LogP contribution in [-0.4, -0.2) is 44.2 Å². The lowest BCUT2D eigenvalue weighted by molar-refractivity contribution is -0.0556. The lowest BCUT2D eigenvalue weighted by atomic mass is 9.71. The molecule has 2 N–H and O–H groups in total. The minimum absolute atomic E-state index is 0.0176. The van der Waals surface area contributed by atoms with Gasteiger partial charge in [0.1, 0.15) is 11.6 Å². The topological polar surface area (TPSA) is 95.8 Å². The molecule has 2 aromatic carbocycles. The highest BCUT2D eigenvalue weighted by Gasteiger charge is 2.44. The van der Waals surface area contributed by atoms with E-state index in [2.05, 4.69) is 9.97 Å². The molecule has 0 spiro atoms. The highest BCUT2D eigenvalue weighted by atomic mass is 35.5. The van der Waals surface area contributed by atoms with Crippen molar-refractivity contribution in [1.82, 2.24) is 14.9 Å². The second-order valence-corrected chi connectivity index (χ2v) is 10.9. The number of carbonyl (C=O) groups excluding carboxylic acids is 1. The van der Waals surface area contributed by atoms with Gasteiger partial charge < -0.3 is 19.8 Å². The number of nitrogens with zero attached hydrogens (tertiary/aromatic N) is 3. The van der Waals surface area contributed by atoms with Gasteiger partial charge in [0.25, 0.3) is 5.91 Å². The minimum Gasteiger partial charge on any atom is -0.394 e. The van der Waals surface area contributed by atoms with Crippen LogP contribution in [0.15, 0.2) is 54.9 Å². The van der Waals surface area contributed by atoms with Gasteiger partial charge >= 0.3 is 0 Å². The van der Waals surface area contributed by atoms with Crippen LogP contribution >= 0.6 is 23.2 Å². The molecule has 1 aromatic heterocycles. The average Bonchev–Trinajstić information content (AvgIpc) is 3.24. The van der Waals surface area contributed by atoms with Crippen LogP contribution in [0.2, 0.25) is 10.0 Å². The predicted octanol–water partition coefficient (Wildman–Crippen LogP) is 6.45. The fraction of sp³-hybridized carbons (Fsp3) is 0.433. The quantitative estimate of drug-likeness (QED) is 0.313. The molecule has 2 atom stereocenters. The van der Waals surface area contributed by atoms with Crippen LogP contribution in [0, 0.1) is 11.7 Å². The van der Waals surface area contributed by atoms with Crippen molar-refractivity contribution < 1.29 is 24.1 Å². The Labute approximate surface area is 243 Å². The van der Waals surface area contributed by atoms with Gasteiger partial charge in [-0.05, 0) is 55.0 Å². The highest BCUT2D eigenvalue weighted by Crippen LogP contribution is 2.45. The molecule has 3 aromatic rings. The summed E-state index contributed by atoms with van der Waals surface area (Å²) < 4.78 is 21.2. The molecule has 5 rings (SSSR count). The van der Waals surface area contributed by atoms with E-state index in [0.717, 1.165) is 37.1 Å². The molecule has 2 heterocycles. The molecular formula is C30H34Cl2FN3O4. The molecule has 2 unspecified atom stereocenters. The zero-order chi connectivity index (χ0) is 28.7. The van der Waals surface area contributed by atoms with Gasteiger partial charge in [0.15, 0.2) is 6.23 Å². The van der Waals surface area contributed by atoms with Gasteiger partial charge in [-0.1, -0.05) is 67.6 Å². The molecule has 1 aliphatic carbocycles. The summed E-state index contributed by atoms with van der Waals surface area (Å²) in [6.07, 6.45) is 7.19. The number of aromatic nitrogens is 2. The van der Waals surface area contributed by atoms with Crippen LogP contribution in [0.4, 0.5) is 4.39 Å². The van der Waals surface area contributed by atoms with Crippen LogP contribution in [-0.2, 0) is 16.9 Å². The molecule has 0 bridgehead atoms. The van der Waals surface area contributed by atoms with E-state index in [4.69, 9.17) is 27.9 Å². The first-order valence-corrected chi connectivity index (χ1v) is 14.3. The summed E-state index contributed by atoms with van der Waals surface area (Å²) in [6, 6.07) is 12.4. The first-order valence-electron chi connectivity index (χ1n) is 13.5. The molecule has 1 amide bonds. The minimum atomic E-state index is -1.20. The lowest BCUT2D eigenvalue weighted by Crippen LogP contribution is -2.36. The van der Waals surface area contributed by atoms with Crippen molar-refractivity contribution in [1.29, 1.82) is 0 Å².